The number of benzene rings is 2. The van der Waals surface area contributed by atoms with E-state index in [-0.39, 0.29) is 0 Å². The first-order valence-electron chi connectivity index (χ1n) is 7.64. The van der Waals surface area contributed by atoms with E-state index in [0.717, 1.165) is 6.54 Å². The molecule has 2 aromatic carbocycles. The summed E-state index contributed by atoms with van der Waals surface area (Å²) in [5.41, 5.74) is 7.95. The Morgan fingerprint density at radius 2 is 1.62 bits per heavy atom. The van der Waals surface area contributed by atoms with Crippen LogP contribution in [0, 0.1) is 0 Å². The molecule has 2 nitrogen and oxygen atoms in total. The lowest BCUT2D eigenvalue weighted by Gasteiger charge is -2.22. The lowest BCUT2D eigenvalue weighted by molar-refractivity contribution is -0.594. The summed E-state index contributed by atoms with van der Waals surface area (Å²) in [5.74, 6) is 0. The van der Waals surface area contributed by atoms with E-state index in [4.69, 9.17) is 0 Å². The molecule has 0 aliphatic carbocycles. The molecule has 0 bridgehead atoms. The molecule has 21 heavy (non-hydrogen) atoms. The van der Waals surface area contributed by atoms with Gasteiger partial charge in [-0.15, -0.1) is 0 Å². The smallest absolute Gasteiger partial charge is 0.141 e. The summed E-state index contributed by atoms with van der Waals surface area (Å²) < 4.78 is 0. The second-order valence-corrected chi connectivity index (χ2v) is 6.01. The van der Waals surface area contributed by atoms with Crippen molar-refractivity contribution in [1.29, 1.82) is 0 Å². The zero-order valence-corrected chi connectivity index (χ0v) is 13.0. The van der Waals surface area contributed by atoms with Gasteiger partial charge in [0.05, 0.1) is 6.04 Å². The fourth-order valence-electron chi connectivity index (χ4n) is 2.99. The molecule has 1 aliphatic rings. The van der Waals surface area contributed by atoms with Crippen LogP contribution in [0.4, 0.5) is 5.69 Å². The van der Waals surface area contributed by atoms with Gasteiger partial charge in [-0.2, -0.15) is 0 Å². The van der Waals surface area contributed by atoms with Crippen LogP contribution in [0.25, 0.3) is 11.3 Å². The normalized spacial score (nSPS) is 17.5. The van der Waals surface area contributed by atoms with Gasteiger partial charge in [0, 0.05) is 28.9 Å². The van der Waals surface area contributed by atoms with E-state index in [1.54, 1.807) is 0 Å². The maximum absolute atomic E-state index is 3.58. The molecule has 0 atom stereocenters. The molecule has 0 aromatic heterocycles. The molecule has 3 N–H and O–H groups in total. The molecule has 3 rings (SSSR count). The van der Waals surface area contributed by atoms with Gasteiger partial charge in [-0.05, 0) is 38.5 Å². The summed E-state index contributed by atoms with van der Waals surface area (Å²) in [6.45, 7) is 7.59. The largest absolute Gasteiger partial charge is 0.380 e. The van der Waals surface area contributed by atoms with Gasteiger partial charge >= 0.3 is 0 Å². The molecule has 0 unspecified atom stereocenters. The molecule has 0 radical (unpaired) electrons. The first-order valence-corrected chi connectivity index (χ1v) is 7.64. The predicted octanol–water partition coefficient (Wildman–Crippen LogP) is 3.47. The zero-order valence-electron chi connectivity index (χ0n) is 13.0. The topological polar surface area (TPSA) is 28.6 Å². The predicted molar refractivity (Wildman–Crippen MR) is 89.8 cm³/mol. The van der Waals surface area contributed by atoms with Crippen molar-refractivity contribution >= 4 is 17.0 Å². The molecule has 0 spiro atoms. The van der Waals surface area contributed by atoms with E-state index in [2.05, 4.69) is 79.9 Å². The Bertz CT molecular complexity index is 683. The molecular formula is C19H23N2+. The number of nitrogens with one attached hydrogen (secondary N) is 1. The molecule has 0 saturated heterocycles. The monoisotopic (exact) mass is 279 g/mol. The van der Waals surface area contributed by atoms with Crippen LogP contribution < -0.4 is 10.6 Å². The van der Waals surface area contributed by atoms with Crippen molar-refractivity contribution in [2.45, 2.75) is 33.4 Å². The third kappa shape index (κ3) is 2.72. The number of nitrogens with two attached hydrogens (primary N) is 1. The average Bonchev–Trinajstić information content (AvgIpc) is 2.49. The number of quaternary nitrogens is 1. The highest BCUT2D eigenvalue weighted by molar-refractivity contribution is 5.91. The van der Waals surface area contributed by atoms with Crippen molar-refractivity contribution in [3.63, 3.8) is 0 Å². The standard InChI is InChI=1S/C19H22N2/c1-13(2)21-19-14(3)16-9-6-7-11-18(16)20-12-15-8-4-5-10-17(15)19/h4-11,13,20-21H,12H2,1-3H3/p+1/b19-14+. The molecule has 2 heteroatoms. The Morgan fingerprint density at radius 1 is 0.952 bits per heavy atom. The van der Waals surface area contributed by atoms with Crippen LogP contribution in [0.5, 0.6) is 0 Å². The maximum atomic E-state index is 3.58. The number of hydrogen-bond donors (Lipinski definition) is 2. The summed E-state index contributed by atoms with van der Waals surface area (Å²) in [5, 5.41) is 5.96. The van der Waals surface area contributed by atoms with Gasteiger partial charge in [0.15, 0.2) is 0 Å². The Morgan fingerprint density at radius 3 is 2.38 bits per heavy atom. The van der Waals surface area contributed by atoms with Crippen LogP contribution >= 0.6 is 0 Å². The molecular weight excluding hydrogens is 256 g/mol. The van der Waals surface area contributed by atoms with Gasteiger partial charge in [-0.3, -0.25) is 0 Å². The van der Waals surface area contributed by atoms with Crippen molar-refractivity contribution in [3.05, 3.63) is 65.2 Å². The van der Waals surface area contributed by atoms with Crippen molar-refractivity contribution < 1.29 is 5.32 Å². The fourth-order valence-corrected chi connectivity index (χ4v) is 2.99. The van der Waals surface area contributed by atoms with Crippen LogP contribution in [0.1, 0.15) is 37.5 Å². The zero-order chi connectivity index (χ0) is 14.8. The van der Waals surface area contributed by atoms with Gasteiger partial charge in [-0.1, -0.05) is 36.4 Å². The third-order valence-electron chi connectivity index (χ3n) is 4.01. The van der Waals surface area contributed by atoms with Crippen molar-refractivity contribution in [2.75, 3.05) is 5.32 Å². The highest BCUT2D eigenvalue weighted by Gasteiger charge is 2.20. The van der Waals surface area contributed by atoms with Crippen LogP contribution in [0.2, 0.25) is 0 Å². The van der Waals surface area contributed by atoms with E-state index in [0.29, 0.717) is 6.04 Å². The quantitative estimate of drug-likeness (QED) is 0.866. The van der Waals surface area contributed by atoms with E-state index < -0.39 is 0 Å². The van der Waals surface area contributed by atoms with Gasteiger partial charge in [-0.25, -0.2) is 0 Å². The number of hydrogen-bond acceptors (Lipinski definition) is 1. The molecule has 108 valence electrons. The van der Waals surface area contributed by atoms with E-state index in [1.807, 2.05) is 0 Å². The molecule has 1 heterocycles. The minimum absolute atomic E-state index is 0.530. The Labute approximate surface area is 126 Å². The average molecular weight is 279 g/mol. The number of fused-ring (bicyclic) bond motifs is 2. The number of para-hydroxylation sites is 1. The lowest BCUT2D eigenvalue weighted by Crippen LogP contribution is -2.85. The summed E-state index contributed by atoms with van der Waals surface area (Å²) in [7, 11) is 0. The lowest BCUT2D eigenvalue weighted by atomic mass is 9.94. The van der Waals surface area contributed by atoms with Gasteiger partial charge < -0.3 is 10.6 Å². The van der Waals surface area contributed by atoms with E-state index in [9.17, 15) is 0 Å². The molecule has 0 fully saturated rings. The molecule has 0 saturated carbocycles. The van der Waals surface area contributed by atoms with Crippen molar-refractivity contribution in [2.24, 2.45) is 0 Å². The summed E-state index contributed by atoms with van der Waals surface area (Å²) >= 11 is 0. The number of rotatable bonds is 2. The molecule has 1 aliphatic heterocycles. The second-order valence-electron chi connectivity index (χ2n) is 6.01. The molecule has 0 amide bonds. The van der Waals surface area contributed by atoms with Gasteiger partial charge in [0.25, 0.3) is 0 Å². The Balaban J connectivity index is 2.24. The minimum Gasteiger partial charge on any atom is -0.380 e. The number of anilines is 1. The maximum Gasteiger partial charge on any atom is 0.141 e. The Kier molecular flexibility index (Phi) is 3.80. The number of allylic oxidation sites excluding steroid dienone is 1. The first kappa shape index (κ1) is 13.9. The highest BCUT2D eigenvalue weighted by atomic mass is 14.9. The second kappa shape index (κ2) is 5.74. The Hall–Kier alpha value is -2.06. The summed E-state index contributed by atoms with van der Waals surface area (Å²) in [4.78, 5) is 0. The van der Waals surface area contributed by atoms with Crippen molar-refractivity contribution in [3.8, 4) is 0 Å². The molecule has 2 aromatic rings. The SMILES string of the molecule is C/C1=C(\[NH2+]C(C)C)c2ccccc2CNc2ccccc21. The highest BCUT2D eigenvalue weighted by Crippen LogP contribution is 2.31. The van der Waals surface area contributed by atoms with E-state index in [1.165, 1.54) is 33.6 Å². The summed E-state index contributed by atoms with van der Waals surface area (Å²) in [6.07, 6.45) is 0. The minimum atomic E-state index is 0.530. The van der Waals surface area contributed by atoms with Gasteiger partial charge in [0.2, 0.25) is 0 Å². The fraction of sp³-hybridized carbons (Fsp3) is 0.263. The van der Waals surface area contributed by atoms with Crippen LogP contribution in [0.15, 0.2) is 48.5 Å². The van der Waals surface area contributed by atoms with Crippen LogP contribution in [-0.4, -0.2) is 6.04 Å². The van der Waals surface area contributed by atoms with E-state index >= 15 is 0 Å². The van der Waals surface area contributed by atoms with Crippen LogP contribution in [-0.2, 0) is 6.54 Å². The third-order valence-corrected chi connectivity index (χ3v) is 4.01. The van der Waals surface area contributed by atoms with Crippen molar-refractivity contribution in [1.82, 2.24) is 0 Å². The summed E-state index contributed by atoms with van der Waals surface area (Å²) in [6, 6.07) is 17.8. The first-order chi connectivity index (χ1) is 10.2. The van der Waals surface area contributed by atoms with Gasteiger partial charge in [0.1, 0.15) is 5.70 Å². The van der Waals surface area contributed by atoms with Crippen LogP contribution in [0.3, 0.4) is 0 Å².